The van der Waals surface area contributed by atoms with E-state index in [4.69, 9.17) is 15.6 Å². The van der Waals surface area contributed by atoms with Crippen LogP contribution in [-0.4, -0.2) is 43.2 Å². The van der Waals surface area contributed by atoms with Gasteiger partial charge in [0.2, 0.25) is 11.9 Å². The van der Waals surface area contributed by atoms with Gasteiger partial charge in [0.1, 0.15) is 5.82 Å². The van der Waals surface area contributed by atoms with E-state index >= 15 is 0 Å². The molecule has 33 heavy (non-hydrogen) atoms. The Hall–Kier alpha value is -4.21. The van der Waals surface area contributed by atoms with Crippen LogP contribution >= 0.6 is 0 Å². The Kier molecular flexibility index (Phi) is 5.25. The van der Waals surface area contributed by atoms with Crippen LogP contribution in [0.15, 0.2) is 54.9 Å². The predicted molar refractivity (Wildman–Crippen MR) is 121 cm³/mol. The number of hydrogen-bond donors (Lipinski definition) is 2. The zero-order chi connectivity index (χ0) is 22.9. The first-order valence-corrected chi connectivity index (χ1v) is 10.5. The minimum absolute atomic E-state index is 0.0180. The van der Waals surface area contributed by atoms with Crippen molar-refractivity contribution in [1.82, 2.24) is 24.3 Å². The van der Waals surface area contributed by atoms with Crippen LogP contribution in [-0.2, 0) is 4.79 Å². The number of fused-ring (bicyclic) bond motifs is 1. The topological polar surface area (TPSA) is 111 Å². The van der Waals surface area contributed by atoms with Crippen LogP contribution in [0.25, 0.3) is 16.9 Å². The van der Waals surface area contributed by atoms with Gasteiger partial charge in [-0.2, -0.15) is 0 Å². The lowest BCUT2D eigenvalue weighted by Crippen LogP contribution is -2.25. The highest BCUT2D eigenvalue weighted by atomic mass is 19.1. The summed E-state index contributed by atoms with van der Waals surface area (Å²) < 4.78 is 16.6. The molecule has 1 aliphatic rings. The van der Waals surface area contributed by atoms with Crippen molar-refractivity contribution in [2.75, 3.05) is 24.3 Å². The molecule has 10 heteroatoms. The van der Waals surface area contributed by atoms with Crippen LogP contribution in [0, 0.1) is 5.82 Å². The SMILES string of the molecule is CC(=O)N1CCC(c2nc(-c3ccc(ONc4ccccn4)c(F)c3)n3c(N)nccc23)C1. The molecule has 0 aliphatic carbocycles. The molecule has 1 aliphatic heterocycles. The van der Waals surface area contributed by atoms with E-state index in [-0.39, 0.29) is 23.5 Å². The smallest absolute Gasteiger partial charge is 0.219 e. The first-order valence-electron chi connectivity index (χ1n) is 10.5. The summed E-state index contributed by atoms with van der Waals surface area (Å²) in [6.07, 6.45) is 4.02. The number of rotatable bonds is 5. The fourth-order valence-corrected chi connectivity index (χ4v) is 4.10. The van der Waals surface area contributed by atoms with Gasteiger partial charge in [0.15, 0.2) is 17.4 Å². The number of carbonyl (C=O) groups is 1. The number of nitrogens with two attached hydrogens (primary N) is 1. The maximum absolute atomic E-state index is 14.9. The molecule has 3 N–H and O–H groups in total. The standard InChI is InChI=1S/C23H22FN7O2/c1-14(32)30-11-8-16(13-30)21-18-7-10-27-23(25)31(18)22(28-21)15-5-6-19(17(24)12-15)33-29-20-4-2-3-9-26-20/h2-7,9-10,12,16H,8,11,13H2,1H3,(H2,25,27)(H,26,29). The van der Waals surface area contributed by atoms with Gasteiger partial charge in [0, 0.05) is 43.9 Å². The molecule has 1 saturated heterocycles. The molecule has 168 valence electrons. The molecule has 0 radical (unpaired) electrons. The number of aromatic nitrogens is 4. The number of pyridine rings is 1. The molecule has 1 amide bonds. The molecule has 9 nitrogen and oxygen atoms in total. The normalized spacial score (nSPS) is 15.7. The molecule has 0 saturated carbocycles. The highest BCUT2D eigenvalue weighted by Gasteiger charge is 2.30. The quantitative estimate of drug-likeness (QED) is 0.452. The van der Waals surface area contributed by atoms with E-state index in [0.29, 0.717) is 30.3 Å². The highest BCUT2D eigenvalue weighted by molar-refractivity contribution is 5.74. The van der Waals surface area contributed by atoms with Crippen LogP contribution in [0.2, 0.25) is 0 Å². The van der Waals surface area contributed by atoms with Crippen LogP contribution in [0.3, 0.4) is 0 Å². The van der Waals surface area contributed by atoms with Crippen LogP contribution in [0.1, 0.15) is 25.0 Å². The van der Waals surface area contributed by atoms with Crippen molar-refractivity contribution in [2.24, 2.45) is 0 Å². The van der Waals surface area contributed by atoms with Gasteiger partial charge in [-0.25, -0.2) is 24.8 Å². The molecule has 1 unspecified atom stereocenters. The van der Waals surface area contributed by atoms with Gasteiger partial charge in [-0.1, -0.05) is 6.07 Å². The Morgan fingerprint density at radius 3 is 2.82 bits per heavy atom. The fraction of sp³-hybridized carbons (Fsp3) is 0.217. The van der Waals surface area contributed by atoms with Gasteiger partial charge in [0.05, 0.1) is 11.2 Å². The van der Waals surface area contributed by atoms with Crippen LogP contribution in [0.5, 0.6) is 5.75 Å². The lowest BCUT2D eigenvalue weighted by atomic mass is 10.0. The van der Waals surface area contributed by atoms with E-state index in [9.17, 15) is 9.18 Å². The van der Waals surface area contributed by atoms with E-state index in [1.807, 2.05) is 6.07 Å². The van der Waals surface area contributed by atoms with Crippen molar-refractivity contribution < 1.29 is 14.0 Å². The molecule has 1 atom stereocenters. The first kappa shape index (κ1) is 20.7. The van der Waals surface area contributed by atoms with Crippen molar-refractivity contribution in [3.05, 3.63) is 66.4 Å². The third kappa shape index (κ3) is 3.91. The Balaban J connectivity index is 1.48. The number of imidazole rings is 1. The Morgan fingerprint density at radius 2 is 2.09 bits per heavy atom. The van der Waals surface area contributed by atoms with E-state index in [0.717, 1.165) is 17.6 Å². The summed E-state index contributed by atoms with van der Waals surface area (Å²) in [6.45, 7) is 2.83. The van der Waals surface area contributed by atoms with Crippen molar-refractivity contribution in [2.45, 2.75) is 19.3 Å². The number of nitrogens with one attached hydrogen (secondary N) is 1. The number of hydrogen-bond acceptors (Lipinski definition) is 7. The number of nitrogens with zero attached hydrogens (tertiary/aromatic N) is 5. The van der Waals surface area contributed by atoms with Gasteiger partial charge in [-0.05, 0) is 42.8 Å². The third-order valence-electron chi connectivity index (χ3n) is 5.75. The average Bonchev–Trinajstić information content (AvgIpc) is 3.45. The fourth-order valence-electron chi connectivity index (χ4n) is 4.10. The van der Waals surface area contributed by atoms with Gasteiger partial charge >= 0.3 is 0 Å². The van der Waals surface area contributed by atoms with Crippen molar-refractivity contribution in [3.8, 4) is 17.1 Å². The molecular weight excluding hydrogens is 425 g/mol. The number of nitrogen functional groups attached to an aromatic ring is 1. The Morgan fingerprint density at radius 1 is 1.21 bits per heavy atom. The molecule has 4 aromatic rings. The van der Waals surface area contributed by atoms with E-state index in [1.54, 1.807) is 52.9 Å². The number of likely N-dealkylation sites (tertiary alicyclic amines) is 1. The number of carbonyl (C=O) groups excluding carboxylic acids is 1. The third-order valence-corrected chi connectivity index (χ3v) is 5.75. The zero-order valence-corrected chi connectivity index (χ0v) is 17.9. The zero-order valence-electron chi connectivity index (χ0n) is 17.9. The molecule has 1 fully saturated rings. The number of amides is 1. The number of benzene rings is 1. The summed E-state index contributed by atoms with van der Waals surface area (Å²) in [4.78, 5) is 32.0. The first-order chi connectivity index (χ1) is 16.0. The second-order valence-corrected chi connectivity index (χ2v) is 7.86. The Labute approximate surface area is 189 Å². The second kappa shape index (κ2) is 8.38. The minimum atomic E-state index is -0.569. The van der Waals surface area contributed by atoms with E-state index < -0.39 is 5.82 Å². The molecular formula is C23H22FN7O2. The molecule has 0 bridgehead atoms. The van der Waals surface area contributed by atoms with Crippen molar-refractivity contribution in [3.63, 3.8) is 0 Å². The van der Waals surface area contributed by atoms with Gasteiger partial charge < -0.3 is 15.5 Å². The van der Waals surface area contributed by atoms with Gasteiger partial charge in [-0.15, -0.1) is 0 Å². The average molecular weight is 447 g/mol. The van der Waals surface area contributed by atoms with E-state index in [2.05, 4.69) is 15.4 Å². The molecule has 0 spiro atoms. The molecule has 5 rings (SSSR count). The molecule has 3 aromatic heterocycles. The second-order valence-electron chi connectivity index (χ2n) is 7.86. The van der Waals surface area contributed by atoms with Crippen LogP contribution in [0.4, 0.5) is 16.2 Å². The van der Waals surface area contributed by atoms with Gasteiger partial charge in [0.25, 0.3) is 0 Å². The summed E-state index contributed by atoms with van der Waals surface area (Å²) in [5.41, 5.74) is 10.9. The molecule has 4 heterocycles. The van der Waals surface area contributed by atoms with E-state index in [1.165, 1.54) is 12.1 Å². The lowest BCUT2D eigenvalue weighted by Gasteiger charge is -2.13. The summed E-state index contributed by atoms with van der Waals surface area (Å²) in [7, 11) is 0. The maximum atomic E-state index is 14.9. The summed E-state index contributed by atoms with van der Waals surface area (Å²) in [6, 6.07) is 11.7. The minimum Gasteiger partial charge on any atom is -0.378 e. The summed E-state index contributed by atoms with van der Waals surface area (Å²) in [5.74, 6) is 0.744. The van der Waals surface area contributed by atoms with Gasteiger partial charge in [-0.3, -0.25) is 9.20 Å². The maximum Gasteiger partial charge on any atom is 0.219 e. The lowest BCUT2D eigenvalue weighted by molar-refractivity contribution is -0.127. The number of halogens is 1. The summed E-state index contributed by atoms with van der Waals surface area (Å²) >= 11 is 0. The van der Waals surface area contributed by atoms with Crippen molar-refractivity contribution in [1.29, 1.82) is 0 Å². The largest absolute Gasteiger partial charge is 0.378 e. The predicted octanol–water partition coefficient (Wildman–Crippen LogP) is 3.25. The summed E-state index contributed by atoms with van der Waals surface area (Å²) in [5, 5.41) is 0. The van der Waals surface area contributed by atoms with Crippen molar-refractivity contribution >= 4 is 23.2 Å². The monoisotopic (exact) mass is 447 g/mol. The van der Waals surface area contributed by atoms with Crippen LogP contribution < -0.4 is 16.1 Å². The highest BCUT2D eigenvalue weighted by Crippen LogP contribution is 2.34. The Bertz CT molecular complexity index is 1330. The number of anilines is 2. The molecule has 1 aromatic carbocycles.